The molecule has 1 aliphatic heterocycles. The minimum absolute atomic E-state index is 0.150. The van der Waals surface area contributed by atoms with Crippen LogP contribution in [0.5, 0.6) is 0 Å². The van der Waals surface area contributed by atoms with Gasteiger partial charge in [0.15, 0.2) is 0 Å². The number of unbranched alkanes of at least 4 members (excludes halogenated alkanes) is 3. The van der Waals surface area contributed by atoms with Gasteiger partial charge in [0, 0.05) is 12.3 Å². The Bertz CT molecular complexity index is 623. The van der Waals surface area contributed by atoms with Gasteiger partial charge in [0.05, 0.1) is 13.2 Å². The van der Waals surface area contributed by atoms with Crippen LogP contribution in [0.3, 0.4) is 0 Å². The summed E-state index contributed by atoms with van der Waals surface area (Å²) < 4.78 is 11.2. The number of carbonyl (C=O) groups is 2. The summed E-state index contributed by atoms with van der Waals surface area (Å²) in [5, 5.41) is 0. The molecule has 0 amide bonds. The Balaban J connectivity index is 1.94. The summed E-state index contributed by atoms with van der Waals surface area (Å²) in [4.78, 5) is 23.5. The van der Waals surface area contributed by atoms with Gasteiger partial charge in [0.2, 0.25) is 0 Å². The third-order valence-electron chi connectivity index (χ3n) is 7.08. The van der Waals surface area contributed by atoms with Crippen LogP contribution < -0.4 is 0 Å². The van der Waals surface area contributed by atoms with Gasteiger partial charge < -0.3 is 9.47 Å². The zero-order chi connectivity index (χ0) is 23.9. The lowest BCUT2D eigenvalue weighted by atomic mass is 9.84. The normalized spacial score (nSPS) is 26.8. The lowest BCUT2D eigenvalue weighted by molar-refractivity contribution is -0.140. The van der Waals surface area contributed by atoms with E-state index in [0.717, 1.165) is 38.5 Å². The first-order chi connectivity index (χ1) is 16.0. The van der Waals surface area contributed by atoms with Gasteiger partial charge in [-0.2, -0.15) is 0 Å². The Labute approximate surface area is 206 Å². The van der Waals surface area contributed by atoms with Crippen molar-refractivity contribution in [2.45, 2.75) is 109 Å². The molecular formula is C28H46O4S. The Morgan fingerprint density at radius 3 is 2.64 bits per heavy atom. The summed E-state index contributed by atoms with van der Waals surface area (Å²) in [6.07, 6.45) is 23.0. The average Bonchev–Trinajstić information content (AvgIpc) is 3.23. The number of carbonyl (C=O) groups excluding carboxylic acids is 2. The van der Waals surface area contributed by atoms with Crippen molar-refractivity contribution in [2.75, 3.05) is 12.9 Å². The van der Waals surface area contributed by atoms with E-state index in [0.29, 0.717) is 29.5 Å². The van der Waals surface area contributed by atoms with Crippen molar-refractivity contribution in [1.82, 2.24) is 0 Å². The molecular weight excluding hydrogens is 432 g/mol. The van der Waals surface area contributed by atoms with E-state index < -0.39 is 0 Å². The number of allylic oxidation sites excluding steroid dienone is 3. The highest BCUT2D eigenvalue weighted by Crippen LogP contribution is 2.41. The van der Waals surface area contributed by atoms with Gasteiger partial charge in [-0.3, -0.25) is 9.59 Å². The fourth-order valence-electron chi connectivity index (χ4n) is 5.10. The van der Waals surface area contributed by atoms with Crippen LogP contribution in [0.15, 0.2) is 24.3 Å². The molecule has 5 atom stereocenters. The molecule has 0 aromatic heterocycles. The second-order valence-electron chi connectivity index (χ2n) is 9.65. The molecule has 1 saturated carbocycles. The molecule has 4 nitrogen and oxygen atoms in total. The Morgan fingerprint density at radius 2 is 1.94 bits per heavy atom. The number of thioether (sulfide) groups is 1. The predicted octanol–water partition coefficient (Wildman–Crippen LogP) is 7.27. The van der Waals surface area contributed by atoms with Gasteiger partial charge in [-0.05, 0) is 82.3 Å². The molecule has 2 aliphatic rings. The molecule has 1 saturated heterocycles. The minimum atomic E-state index is -0.150. The van der Waals surface area contributed by atoms with E-state index >= 15 is 0 Å². The Morgan fingerprint density at radius 1 is 1.09 bits per heavy atom. The summed E-state index contributed by atoms with van der Waals surface area (Å²) in [7, 11) is 1.43. The predicted molar refractivity (Wildman–Crippen MR) is 138 cm³/mol. The van der Waals surface area contributed by atoms with E-state index in [1.807, 2.05) is 11.8 Å². The molecule has 1 unspecified atom stereocenters. The van der Waals surface area contributed by atoms with Crippen LogP contribution in [-0.4, -0.2) is 36.2 Å². The first kappa shape index (κ1) is 28.2. The molecule has 33 heavy (non-hydrogen) atoms. The zero-order valence-electron chi connectivity index (χ0n) is 21.1. The third-order valence-corrected chi connectivity index (χ3v) is 8.33. The van der Waals surface area contributed by atoms with Gasteiger partial charge in [-0.1, -0.05) is 50.5 Å². The van der Waals surface area contributed by atoms with E-state index in [4.69, 9.17) is 9.47 Å². The number of hydrogen-bond acceptors (Lipinski definition) is 5. The number of esters is 1. The SMILES string of the molecule is CCCCC[C@@H](C=C[C@H]1CC[C@H](C(C)=O)[C@@H]1CC=CCCCC(=O)OC)OC1CCCCS1. The van der Waals surface area contributed by atoms with Crippen molar-refractivity contribution in [3.8, 4) is 0 Å². The van der Waals surface area contributed by atoms with Crippen LogP contribution in [-0.2, 0) is 19.1 Å². The van der Waals surface area contributed by atoms with Gasteiger partial charge in [-0.15, -0.1) is 11.8 Å². The van der Waals surface area contributed by atoms with E-state index in [2.05, 4.69) is 31.2 Å². The molecule has 0 spiro atoms. The van der Waals surface area contributed by atoms with Crippen molar-refractivity contribution < 1.29 is 19.1 Å². The fraction of sp³-hybridized carbons (Fsp3) is 0.786. The molecule has 2 fully saturated rings. The molecule has 0 radical (unpaired) electrons. The Hall–Kier alpha value is -1.07. The maximum atomic E-state index is 12.3. The second-order valence-corrected chi connectivity index (χ2v) is 10.9. The van der Waals surface area contributed by atoms with Crippen molar-refractivity contribution in [2.24, 2.45) is 17.8 Å². The molecule has 0 aromatic rings. The topological polar surface area (TPSA) is 52.6 Å². The highest BCUT2D eigenvalue weighted by molar-refractivity contribution is 7.99. The summed E-state index contributed by atoms with van der Waals surface area (Å²) in [6, 6.07) is 0. The number of hydrogen-bond donors (Lipinski definition) is 0. The van der Waals surface area contributed by atoms with E-state index in [9.17, 15) is 9.59 Å². The Kier molecular flexibility index (Phi) is 14.1. The lowest BCUT2D eigenvalue weighted by Crippen LogP contribution is -2.22. The van der Waals surface area contributed by atoms with Gasteiger partial charge in [0.25, 0.3) is 0 Å². The van der Waals surface area contributed by atoms with Crippen molar-refractivity contribution >= 4 is 23.5 Å². The smallest absolute Gasteiger partial charge is 0.305 e. The molecule has 1 heterocycles. The number of methoxy groups -OCH3 is 1. The maximum absolute atomic E-state index is 12.3. The first-order valence-corrected chi connectivity index (χ1v) is 14.3. The van der Waals surface area contributed by atoms with Gasteiger partial charge >= 0.3 is 5.97 Å². The highest BCUT2D eigenvalue weighted by atomic mass is 32.2. The number of rotatable bonds is 15. The van der Waals surface area contributed by atoms with Gasteiger partial charge in [-0.25, -0.2) is 0 Å². The van der Waals surface area contributed by atoms with Crippen LogP contribution in [0.4, 0.5) is 0 Å². The summed E-state index contributed by atoms with van der Waals surface area (Å²) in [5.41, 5.74) is 0.340. The van der Waals surface area contributed by atoms with Crippen molar-refractivity contribution in [3.05, 3.63) is 24.3 Å². The molecule has 1 aliphatic carbocycles. The minimum Gasteiger partial charge on any atom is -0.469 e. The number of Topliss-reactive ketones (excluding diaryl/α,β-unsaturated/α-hetero) is 1. The maximum Gasteiger partial charge on any atom is 0.305 e. The monoisotopic (exact) mass is 478 g/mol. The quantitative estimate of drug-likeness (QED) is 0.141. The fourth-order valence-corrected chi connectivity index (χ4v) is 6.29. The standard InChI is InChI=1S/C28H46O4S/c1-4-5-8-13-24(32-28-16-11-12-21-33-28)19-17-23-18-20-25(22(2)29)26(23)14-9-6-7-10-15-27(30)31-3/h6,9,17,19,23-26,28H,4-5,7-8,10-16,18,20-21H2,1-3H3/t23-,24-,25+,26+,28?/m0/s1. The van der Waals surface area contributed by atoms with Crippen molar-refractivity contribution in [1.29, 1.82) is 0 Å². The van der Waals surface area contributed by atoms with E-state index in [1.165, 1.54) is 51.4 Å². The average molecular weight is 479 g/mol. The molecule has 188 valence electrons. The number of ether oxygens (including phenoxy) is 2. The molecule has 2 rings (SSSR count). The largest absolute Gasteiger partial charge is 0.469 e. The third kappa shape index (κ3) is 10.8. The zero-order valence-corrected chi connectivity index (χ0v) is 22.0. The summed E-state index contributed by atoms with van der Waals surface area (Å²) in [5.74, 6) is 2.36. The van der Waals surface area contributed by atoms with Crippen LogP contribution >= 0.6 is 11.8 Å². The first-order valence-electron chi connectivity index (χ1n) is 13.2. The second kappa shape index (κ2) is 16.5. The van der Waals surface area contributed by atoms with Crippen molar-refractivity contribution in [3.63, 3.8) is 0 Å². The van der Waals surface area contributed by atoms with E-state index in [-0.39, 0.29) is 18.0 Å². The summed E-state index contributed by atoms with van der Waals surface area (Å²) >= 11 is 1.98. The highest BCUT2D eigenvalue weighted by Gasteiger charge is 2.36. The van der Waals surface area contributed by atoms with Gasteiger partial charge in [0.1, 0.15) is 11.2 Å². The molecule has 0 aromatic carbocycles. The summed E-state index contributed by atoms with van der Waals surface area (Å²) in [6.45, 7) is 4.00. The van der Waals surface area contributed by atoms with Crippen LogP contribution in [0.2, 0.25) is 0 Å². The molecule has 5 heteroatoms. The van der Waals surface area contributed by atoms with Crippen LogP contribution in [0.25, 0.3) is 0 Å². The van der Waals surface area contributed by atoms with Crippen LogP contribution in [0.1, 0.15) is 97.3 Å². The molecule has 0 bridgehead atoms. The number of ketones is 1. The van der Waals surface area contributed by atoms with E-state index in [1.54, 1.807) is 6.92 Å². The van der Waals surface area contributed by atoms with Crippen LogP contribution in [0, 0.1) is 17.8 Å². The molecule has 0 N–H and O–H groups in total. The lowest BCUT2D eigenvalue weighted by Gasteiger charge is -2.26.